The van der Waals surface area contributed by atoms with Crippen LogP contribution in [-0.4, -0.2) is 37.1 Å². The number of morpholine rings is 1. The zero-order valence-electron chi connectivity index (χ0n) is 16.2. The fraction of sp³-hybridized carbons (Fsp3) is 0.208. The Bertz CT molecular complexity index is 956. The van der Waals surface area contributed by atoms with E-state index >= 15 is 0 Å². The van der Waals surface area contributed by atoms with E-state index in [1.807, 2.05) is 60.7 Å². The molecule has 1 heterocycles. The van der Waals surface area contributed by atoms with Gasteiger partial charge < -0.3 is 10.1 Å². The van der Waals surface area contributed by atoms with Crippen LogP contribution >= 0.6 is 11.8 Å². The van der Waals surface area contributed by atoms with Gasteiger partial charge in [-0.15, -0.1) is 0 Å². The first-order chi connectivity index (χ1) is 14.3. The lowest BCUT2D eigenvalue weighted by atomic mass is 10.1. The van der Waals surface area contributed by atoms with E-state index in [9.17, 15) is 4.79 Å². The van der Waals surface area contributed by atoms with Crippen molar-refractivity contribution in [2.24, 2.45) is 0 Å². The lowest BCUT2D eigenvalue weighted by Gasteiger charge is -2.26. The normalized spacial score (nSPS) is 14.5. The summed E-state index contributed by atoms with van der Waals surface area (Å²) in [6.45, 7) is 4.25. The summed E-state index contributed by atoms with van der Waals surface area (Å²) in [4.78, 5) is 17.4. The third kappa shape index (κ3) is 5.48. The Labute approximate surface area is 175 Å². The Kier molecular flexibility index (Phi) is 6.62. The molecule has 0 atom stereocenters. The van der Waals surface area contributed by atoms with Crippen LogP contribution in [0.1, 0.15) is 15.9 Å². The smallest absolute Gasteiger partial charge is 0.255 e. The van der Waals surface area contributed by atoms with Crippen LogP contribution < -0.4 is 5.32 Å². The van der Waals surface area contributed by atoms with Crippen LogP contribution in [0.25, 0.3) is 0 Å². The molecule has 0 radical (unpaired) electrons. The molecule has 1 fully saturated rings. The zero-order chi connectivity index (χ0) is 19.9. The standard InChI is InChI=1S/C24H24N2O2S/c27-24(20-8-6-7-19(17-20)18-26-13-15-28-16-14-26)25-22-11-4-5-12-23(22)29-21-9-2-1-3-10-21/h1-12,17H,13-16,18H2,(H,25,27). The highest BCUT2D eigenvalue weighted by Gasteiger charge is 2.13. The number of carbonyl (C=O) groups is 1. The number of rotatable bonds is 6. The minimum absolute atomic E-state index is 0.0880. The van der Waals surface area contributed by atoms with Gasteiger partial charge in [0.15, 0.2) is 0 Å². The Morgan fingerprint density at radius 2 is 1.69 bits per heavy atom. The van der Waals surface area contributed by atoms with Gasteiger partial charge in [-0.05, 0) is 42.0 Å². The summed E-state index contributed by atoms with van der Waals surface area (Å²) in [6, 6.07) is 26.0. The van der Waals surface area contributed by atoms with Crippen LogP contribution in [0, 0.1) is 0 Å². The molecular weight excluding hydrogens is 380 g/mol. The molecule has 0 unspecified atom stereocenters. The van der Waals surface area contributed by atoms with Crippen LogP contribution in [0.3, 0.4) is 0 Å². The number of benzene rings is 3. The number of para-hydroxylation sites is 1. The Hall–Kier alpha value is -2.60. The number of hydrogen-bond donors (Lipinski definition) is 1. The van der Waals surface area contributed by atoms with Gasteiger partial charge in [-0.2, -0.15) is 0 Å². The number of ether oxygens (including phenoxy) is 1. The van der Waals surface area contributed by atoms with Crippen LogP contribution in [0.4, 0.5) is 5.69 Å². The first-order valence-corrected chi connectivity index (χ1v) is 10.6. The molecule has 1 aliphatic heterocycles. The van der Waals surface area contributed by atoms with Crippen molar-refractivity contribution in [2.75, 3.05) is 31.6 Å². The molecule has 0 bridgehead atoms. The van der Waals surface area contributed by atoms with E-state index in [0.29, 0.717) is 5.56 Å². The summed E-state index contributed by atoms with van der Waals surface area (Å²) >= 11 is 1.64. The van der Waals surface area contributed by atoms with Crippen LogP contribution in [-0.2, 0) is 11.3 Å². The summed E-state index contributed by atoms with van der Waals surface area (Å²) in [5.74, 6) is -0.0880. The lowest BCUT2D eigenvalue weighted by Crippen LogP contribution is -2.35. The highest BCUT2D eigenvalue weighted by atomic mass is 32.2. The first kappa shape index (κ1) is 19.7. The van der Waals surface area contributed by atoms with Crippen molar-refractivity contribution in [1.82, 2.24) is 4.90 Å². The molecule has 3 aromatic rings. The molecule has 1 amide bonds. The second-order valence-corrected chi connectivity index (χ2v) is 8.07. The molecule has 3 aromatic carbocycles. The second-order valence-electron chi connectivity index (χ2n) is 6.95. The molecular formula is C24H24N2O2S. The predicted molar refractivity (Wildman–Crippen MR) is 117 cm³/mol. The fourth-order valence-corrected chi connectivity index (χ4v) is 4.22. The van der Waals surface area contributed by atoms with E-state index in [2.05, 4.69) is 28.4 Å². The number of carbonyl (C=O) groups excluding carboxylic acids is 1. The van der Waals surface area contributed by atoms with Crippen molar-refractivity contribution in [1.29, 1.82) is 0 Å². The van der Waals surface area contributed by atoms with Crippen molar-refractivity contribution >= 4 is 23.4 Å². The van der Waals surface area contributed by atoms with E-state index in [1.54, 1.807) is 11.8 Å². The third-order valence-corrected chi connectivity index (χ3v) is 5.89. The first-order valence-electron chi connectivity index (χ1n) is 9.80. The number of nitrogens with zero attached hydrogens (tertiary/aromatic N) is 1. The van der Waals surface area contributed by atoms with E-state index in [1.165, 1.54) is 0 Å². The number of anilines is 1. The van der Waals surface area contributed by atoms with Gasteiger partial charge in [0.05, 0.1) is 18.9 Å². The SMILES string of the molecule is O=C(Nc1ccccc1Sc1ccccc1)c1cccc(CN2CCOCC2)c1. The van der Waals surface area contributed by atoms with Gasteiger partial charge in [-0.25, -0.2) is 0 Å². The highest BCUT2D eigenvalue weighted by Crippen LogP contribution is 2.33. The van der Waals surface area contributed by atoms with Crippen LogP contribution in [0.2, 0.25) is 0 Å². The minimum atomic E-state index is -0.0880. The van der Waals surface area contributed by atoms with Gasteiger partial charge in [0.1, 0.15) is 0 Å². The van der Waals surface area contributed by atoms with E-state index in [-0.39, 0.29) is 5.91 Å². The van der Waals surface area contributed by atoms with Gasteiger partial charge in [0.2, 0.25) is 0 Å². The summed E-state index contributed by atoms with van der Waals surface area (Å²) in [6.07, 6.45) is 0. The molecule has 0 spiro atoms. The topological polar surface area (TPSA) is 41.6 Å². The highest BCUT2D eigenvalue weighted by molar-refractivity contribution is 7.99. The van der Waals surface area contributed by atoms with Crippen LogP contribution in [0.5, 0.6) is 0 Å². The zero-order valence-corrected chi connectivity index (χ0v) is 17.0. The second kappa shape index (κ2) is 9.74. The van der Waals surface area contributed by atoms with Crippen molar-refractivity contribution in [3.05, 3.63) is 90.0 Å². The van der Waals surface area contributed by atoms with E-state index in [0.717, 1.165) is 53.9 Å². The minimum Gasteiger partial charge on any atom is -0.379 e. The molecule has 4 nitrogen and oxygen atoms in total. The van der Waals surface area contributed by atoms with Gasteiger partial charge in [-0.1, -0.05) is 54.2 Å². The Morgan fingerprint density at radius 1 is 0.931 bits per heavy atom. The van der Waals surface area contributed by atoms with E-state index < -0.39 is 0 Å². The molecule has 1 aliphatic rings. The van der Waals surface area contributed by atoms with Crippen molar-refractivity contribution in [2.45, 2.75) is 16.3 Å². The molecule has 0 aromatic heterocycles. The Balaban J connectivity index is 1.46. The number of hydrogen-bond acceptors (Lipinski definition) is 4. The molecule has 1 saturated heterocycles. The molecule has 1 N–H and O–H groups in total. The summed E-state index contributed by atoms with van der Waals surface area (Å²) in [5.41, 5.74) is 2.65. The largest absolute Gasteiger partial charge is 0.379 e. The maximum atomic E-state index is 12.9. The van der Waals surface area contributed by atoms with Crippen molar-refractivity contribution in [3.8, 4) is 0 Å². The average Bonchev–Trinajstić information content (AvgIpc) is 2.77. The predicted octanol–water partition coefficient (Wildman–Crippen LogP) is 4.92. The summed E-state index contributed by atoms with van der Waals surface area (Å²) < 4.78 is 5.41. The molecule has 0 saturated carbocycles. The Morgan fingerprint density at radius 3 is 2.52 bits per heavy atom. The van der Waals surface area contributed by atoms with Gasteiger partial charge in [0.25, 0.3) is 5.91 Å². The quantitative estimate of drug-likeness (QED) is 0.633. The molecule has 4 rings (SSSR count). The molecule has 5 heteroatoms. The number of nitrogens with one attached hydrogen (secondary N) is 1. The number of amides is 1. The molecule has 0 aliphatic carbocycles. The summed E-state index contributed by atoms with van der Waals surface area (Å²) in [7, 11) is 0. The van der Waals surface area contributed by atoms with Crippen molar-refractivity contribution < 1.29 is 9.53 Å². The average molecular weight is 405 g/mol. The molecule has 148 valence electrons. The van der Waals surface area contributed by atoms with Gasteiger partial charge in [-0.3, -0.25) is 9.69 Å². The lowest BCUT2D eigenvalue weighted by molar-refractivity contribution is 0.0342. The van der Waals surface area contributed by atoms with Gasteiger partial charge >= 0.3 is 0 Å². The van der Waals surface area contributed by atoms with Crippen LogP contribution in [0.15, 0.2) is 88.7 Å². The van der Waals surface area contributed by atoms with Gasteiger partial charge in [0, 0.05) is 35.0 Å². The van der Waals surface area contributed by atoms with E-state index in [4.69, 9.17) is 4.74 Å². The molecule has 29 heavy (non-hydrogen) atoms. The third-order valence-electron chi connectivity index (χ3n) is 4.81. The van der Waals surface area contributed by atoms with Crippen molar-refractivity contribution in [3.63, 3.8) is 0 Å². The fourth-order valence-electron chi connectivity index (χ4n) is 3.30. The maximum Gasteiger partial charge on any atom is 0.255 e. The maximum absolute atomic E-state index is 12.9. The summed E-state index contributed by atoms with van der Waals surface area (Å²) in [5, 5.41) is 3.08. The monoisotopic (exact) mass is 404 g/mol.